The van der Waals surface area contributed by atoms with Crippen molar-refractivity contribution < 1.29 is 0 Å². The predicted molar refractivity (Wildman–Crippen MR) is 57.6 cm³/mol. The SMILES string of the molecule is CCN(CC(C)C#N)C1CCCC1N. The van der Waals surface area contributed by atoms with Crippen LogP contribution in [0.15, 0.2) is 0 Å². The van der Waals surface area contributed by atoms with Crippen LogP contribution in [-0.2, 0) is 0 Å². The maximum atomic E-state index is 8.78. The Balaban J connectivity index is 2.49. The Morgan fingerprint density at radius 2 is 2.29 bits per heavy atom. The van der Waals surface area contributed by atoms with E-state index in [1.807, 2.05) is 6.92 Å². The van der Waals surface area contributed by atoms with Gasteiger partial charge in [-0.05, 0) is 26.3 Å². The Hall–Kier alpha value is -0.590. The van der Waals surface area contributed by atoms with Crippen LogP contribution in [0.25, 0.3) is 0 Å². The van der Waals surface area contributed by atoms with Crippen LogP contribution in [-0.4, -0.2) is 30.1 Å². The molecule has 3 nitrogen and oxygen atoms in total. The summed E-state index contributed by atoms with van der Waals surface area (Å²) < 4.78 is 0. The quantitative estimate of drug-likeness (QED) is 0.736. The Bertz CT molecular complexity index is 209. The van der Waals surface area contributed by atoms with Gasteiger partial charge < -0.3 is 5.73 Å². The summed E-state index contributed by atoms with van der Waals surface area (Å²) in [4.78, 5) is 2.37. The largest absolute Gasteiger partial charge is 0.326 e. The molecule has 0 heterocycles. The van der Waals surface area contributed by atoms with Gasteiger partial charge in [-0.3, -0.25) is 4.90 Å². The van der Waals surface area contributed by atoms with Crippen molar-refractivity contribution in [3.63, 3.8) is 0 Å². The predicted octanol–water partition coefficient (Wildman–Crippen LogP) is 1.35. The number of rotatable bonds is 4. The van der Waals surface area contributed by atoms with E-state index < -0.39 is 0 Å². The van der Waals surface area contributed by atoms with Gasteiger partial charge >= 0.3 is 0 Å². The van der Waals surface area contributed by atoms with Crippen molar-refractivity contribution in [3.05, 3.63) is 0 Å². The van der Waals surface area contributed by atoms with Crippen LogP contribution >= 0.6 is 0 Å². The van der Waals surface area contributed by atoms with Crippen LogP contribution in [0.3, 0.4) is 0 Å². The van der Waals surface area contributed by atoms with Gasteiger partial charge in [0.25, 0.3) is 0 Å². The Kier molecular flexibility index (Phi) is 4.37. The molecule has 1 fully saturated rings. The maximum Gasteiger partial charge on any atom is 0.0666 e. The van der Waals surface area contributed by atoms with Crippen LogP contribution in [0.5, 0.6) is 0 Å². The summed E-state index contributed by atoms with van der Waals surface area (Å²) >= 11 is 0. The first kappa shape index (κ1) is 11.5. The van der Waals surface area contributed by atoms with Gasteiger partial charge in [0.2, 0.25) is 0 Å². The average Bonchev–Trinajstić information content (AvgIpc) is 2.60. The molecule has 1 saturated carbocycles. The number of likely N-dealkylation sites (N-methyl/N-ethyl adjacent to an activating group) is 1. The molecule has 0 radical (unpaired) electrons. The molecule has 0 spiro atoms. The van der Waals surface area contributed by atoms with Gasteiger partial charge in [-0.2, -0.15) is 5.26 Å². The van der Waals surface area contributed by atoms with Crippen molar-refractivity contribution in [1.29, 1.82) is 5.26 Å². The summed E-state index contributed by atoms with van der Waals surface area (Å²) in [6.45, 7) is 5.99. The van der Waals surface area contributed by atoms with Crippen molar-refractivity contribution >= 4 is 0 Å². The van der Waals surface area contributed by atoms with E-state index in [4.69, 9.17) is 11.0 Å². The summed E-state index contributed by atoms with van der Waals surface area (Å²) in [5.74, 6) is 0.114. The third-order valence-corrected chi connectivity index (χ3v) is 3.14. The van der Waals surface area contributed by atoms with E-state index in [-0.39, 0.29) is 5.92 Å². The number of hydrogen-bond donors (Lipinski definition) is 1. The molecule has 1 aliphatic rings. The zero-order valence-electron chi connectivity index (χ0n) is 9.24. The minimum absolute atomic E-state index is 0.114. The van der Waals surface area contributed by atoms with Gasteiger partial charge in [-0.15, -0.1) is 0 Å². The number of nitrogens with zero attached hydrogens (tertiary/aromatic N) is 2. The molecule has 0 aromatic rings. The smallest absolute Gasteiger partial charge is 0.0666 e. The first-order valence-corrected chi connectivity index (χ1v) is 5.58. The van der Waals surface area contributed by atoms with Gasteiger partial charge in [0, 0.05) is 18.6 Å². The average molecular weight is 195 g/mol. The van der Waals surface area contributed by atoms with E-state index in [0.29, 0.717) is 12.1 Å². The highest BCUT2D eigenvalue weighted by atomic mass is 15.2. The van der Waals surface area contributed by atoms with Crippen LogP contribution in [0.2, 0.25) is 0 Å². The minimum atomic E-state index is 0.114. The molecule has 3 unspecified atom stereocenters. The molecule has 0 saturated heterocycles. The van der Waals surface area contributed by atoms with E-state index in [1.54, 1.807) is 0 Å². The molecular weight excluding hydrogens is 174 g/mol. The van der Waals surface area contributed by atoms with E-state index >= 15 is 0 Å². The third-order valence-electron chi connectivity index (χ3n) is 3.14. The van der Waals surface area contributed by atoms with Gasteiger partial charge in [0.05, 0.1) is 12.0 Å². The molecule has 0 bridgehead atoms. The van der Waals surface area contributed by atoms with Gasteiger partial charge in [0.15, 0.2) is 0 Å². The first-order valence-electron chi connectivity index (χ1n) is 5.58. The normalized spacial score (nSPS) is 29.1. The van der Waals surface area contributed by atoms with Crippen molar-refractivity contribution in [2.75, 3.05) is 13.1 Å². The van der Waals surface area contributed by atoms with Crippen molar-refractivity contribution in [1.82, 2.24) is 4.90 Å². The molecule has 0 aromatic heterocycles. The van der Waals surface area contributed by atoms with Crippen molar-refractivity contribution in [3.8, 4) is 6.07 Å². The molecule has 2 N–H and O–H groups in total. The Morgan fingerprint density at radius 1 is 1.57 bits per heavy atom. The molecule has 0 aromatic carbocycles. The van der Waals surface area contributed by atoms with Gasteiger partial charge in [-0.25, -0.2) is 0 Å². The molecule has 80 valence electrons. The van der Waals surface area contributed by atoms with Crippen molar-refractivity contribution in [2.45, 2.75) is 45.2 Å². The molecule has 0 aliphatic heterocycles. The number of nitriles is 1. The molecule has 3 heteroatoms. The monoisotopic (exact) mass is 195 g/mol. The van der Waals surface area contributed by atoms with Crippen LogP contribution in [0.4, 0.5) is 0 Å². The second-order valence-electron chi connectivity index (χ2n) is 4.28. The molecule has 3 atom stereocenters. The lowest BCUT2D eigenvalue weighted by Gasteiger charge is -2.31. The Labute approximate surface area is 86.9 Å². The Morgan fingerprint density at radius 3 is 2.71 bits per heavy atom. The molecule has 0 amide bonds. The fourth-order valence-electron chi connectivity index (χ4n) is 2.31. The number of hydrogen-bond acceptors (Lipinski definition) is 3. The molecule has 14 heavy (non-hydrogen) atoms. The summed E-state index contributed by atoms with van der Waals surface area (Å²) in [5, 5.41) is 8.78. The van der Waals surface area contributed by atoms with E-state index in [2.05, 4.69) is 17.9 Å². The molecular formula is C11H21N3. The van der Waals surface area contributed by atoms with Crippen LogP contribution in [0, 0.1) is 17.2 Å². The van der Waals surface area contributed by atoms with Gasteiger partial charge in [-0.1, -0.05) is 13.3 Å². The first-order chi connectivity index (χ1) is 6.69. The van der Waals surface area contributed by atoms with E-state index in [1.165, 1.54) is 12.8 Å². The zero-order chi connectivity index (χ0) is 10.6. The second-order valence-corrected chi connectivity index (χ2v) is 4.28. The third kappa shape index (κ3) is 2.70. The fourth-order valence-corrected chi connectivity index (χ4v) is 2.31. The summed E-state index contributed by atoms with van der Waals surface area (Å²) in [5.41, 5.74) is 6.05. The zero-order valence-corrected chi connectivity index (χ0v) is 9.24. The number of nitrogens with two attached hydrogens (primary N) is 1. The highest BCUT2D eigenvalue weighted by Gasteiger charge is 2.29. The molecule has 1 rings (SSSR count). The highest BCUT2D eigenvalue weighted by Crippen LogP contribution is 2.23. The van der Waals surface area contributed by atoms with E-state index in [9.17, 15) is 0 Å². The fraction of sp³-hybridized carbons (Fsp3) is 0.909. The van der Waals surface area contributed by atoms with Gasteiger partial charge in [0.1, 0.15) is 0 Å². The lowest BCUT2D eigenvalue weighted by atomic mass is 10.1. The maximum absolute atomic E-state index is 8.78. The topological polar surface area (TPSA) is 53.0 Å². The summed E-state index contributed by atoms with van der Waals surface area (Å²) in [6, 6.07) is 3.12. The summed E-state index contributed by atoms with van der Waals surface area (Å²) in [7, 11) is 0. The second kappa shape index (κ2) is 5.33. The van der Waals surface area contributed by atoms with E-state index in [0.717, 1.165) is 19.5 Å². The van der Waals surface area contributed by atoms with Crippen LogP contribution in [0.1, 0.15) is 33.1 Å². The minimum Gasteiger partial charge on any atom is -0.326 e. The summed E-state index contributed by atoms with van der Waals surface area (Å²) in [6.07, 6.45) is 3.58. The van der Waals surface area contributed by atoms with Crippen LogP contribution < -0.4 is 5.73 Å². The van der Waals surface area contributed by atoms with Crippen molar-refractivity contribution in [2.24, 2.45) is 11.7 Å². The standard InChI is InChI=1S/C11H21N3/c1-3-14(8-9(2)7-12)11-6-4-5-10(11)13/h9-11H,3-6,8,13H2,1-2H3. The molecule has 1 aliphatic carbocycles. The lowest BCUT2D eigenvalue weighted by Crippen LogP contribution is -2.45. The lowest BCUT2D eigenvalue weighted by molar-refractivity contribution is 0.181. The highest BCUT2D eigenvalue weighted by molar-refractivity contribution is 4.90.